The van der Waals surface area contributed by atoms with Crippen LogP contribution in [0.2, 0.25) is 0 Å². The van der Waals surface area contributed by atoms with Crippen LogP contribution in [0.1, 0.15) is 46.3 Å². The molecule has 4 heteroatoms. The van der Waals surface area contributed by atoms with Gasteiger partial charge in [0, 0.05) is 21.8 Å². The standard InChI is InChI=1S/C19H18O3S/c1-3-14(19(21)22-2)12-8-9-16-17(10-12)23-11-13-6-4-5-7-15(13)18(16)20/h4-10,14H,3,11H2,1-2H3/t14-/m1/s1. The number of ketones is 1. The first-order valence-electron chi connectivity index (χ1n) is 7.63. The zero-order valence-electron chi connectivity index (χ0n) is 13.2. The Bertz CT molecular complexity index is 767. The molecular weight excluding hydrogens is 308 g/mol. The Kier molecular flexibility index (Phi) is 4.53. The number of carbonyl (C=O) groups is 2. The highest BCUT2D eigenvalue weighted by Crippen LogP contribution is 2.36. The van der Waals surface area contributed by atoms with Gasteiger partial charge in [0.25, 0.3) is 0 Å². The van der Waals surface area contributed by atoms with Crippen molar-refractivity contribution >= 4 is 23.5 Å². The van der Waals surface area contributed by atoms with Crippen molar-refractivity contribution in [3.63, 3.8) is 0 Å². The van der Waals surface area contributed by atoms with Crippen LogP contribution in [0.5, 0.6) is 0 Å². The van der Waals surface area contributed by atoms with Gasteiger partial charge >= 0.3 is 5.97 Å². The summed E-state index contributed by atoms with van der Waals surface area (Å²) in [6.07, 6.45) is 0.671. The normalized spacial score (nSPS) is 14.4. The lowest BCUT2D eigenvalue weighted by atomic mass is 9.93. The molecule has 0 aromatic heterocycles. The molecule has 0 aliphatic carbocycles. The zero-order chi connectivity index (χ0) is 16.4. The van der Waals surface area contributed by atoms with Crippen LogP contribution >= 0.6 is 11.8 Å². The van der Waals surface area contributed by atoms with E-state index in [0.29, 0.717) is 12.0 Å². The van der Waals surface area contributed by atoms with Crippen molar-refractivity contribution in [3.05, 3.63) is 64.7 Å². The summed E-state index contributed by atoms with van der Waals surface area (Å²) in [7, 11) is 1.41. The Morgan fingerprint density at radius 2 is 2.00 bits per heavy atom. The Labute approximate surface area is 140 Å². The van der Waals surface area contributed by atoms with Crippen molar-refractivity contribution in [3.8, 4) is 0 Å². The predicted molar refractivity (Wildman–Crippen MR) is 90.9 cm³/mol. The molecule has 1 aliphatic heterocycles. The van der Waals surface area contributed by atoms with Crippen molar-refractivity contribution in [2.75, 3.05) is 7.11 Å². The first-order valence-corrected chi connectivity index (χ1v) is 8.61. The molecule has 0 saturated heterocycles. The molecule has 0 fully saturated rings. The predicted octanol–water partition coefficient (Wildman–Crippen LogP) is 4.19. The fraction of sp³-hybridized carbons (Fsp3) is 0.263. The van der Waals surface area contributed by atoms with E-state index in [-0.39, 0.29) is 17.7 Å². The number of hydrogen-bond donors (Lipinski definition) is 0. The first-order chi connectivity index (χ1) is 11.2. The maximum Gasteiger partial charge on any atom is 0.313 e. The van der Waals surface area contributed by atoms with Gasteiger partial charge in [0.15, 0.2) is 5.78 Å². The van der Waals surface area contributed by atoms with Gasteiger partial charge in [-0.05, 0) is 29.7 Å². The van der Waals surface area contributed by atoms with Crippen molar-refractivity contribution in [1.29, 1.82) is 0 Å². The molecule has 2 aromatic rings. The number of esters is 1. The Balaban J connectivity index is 2.02. The van der Waals surface area contributed by atoms with Crippen LogP contribution in [0, 0.1) is 0 Å². The Morgan fingerprint density at radius 3 is 2.74 bits per heavy atom. The van der Waals surface area contributed by atoms with Crippen molar-refractivity contribution in [2.24, 2.45) is 0 Å². The van der Waals surface area contributed by atoms with Gasteiger partial charge < -0.3 is 4.74 Å². The summed E-state index contributed by atoms with van der Waals surface area (Å²) >= 11 is 1.64. The zero-order valence-corrected chi connectivity index (χ0v) is 14.0. The van der Waals surface area contributed by atoms with E-state index in [1.54, 1.807) is 11.8 Å². The molecule has 118 valence electrons. The average molecular weight is 326 g/mol. The number of carbonyl (C=O) groups excluding carboxylic acids is 2. The number of rotatable bonds is 3. The fourth-order valence-corrected chi connectivity index (χ4v) is 4.01. The van der Waals surface area contributed by atoms with Crippen molar-refractivity contribution in [2.45, 2.75) is 29.9 Å². The van der Waals surface area contributed by atoms with Crippen LogP contribution in [0.4, 0.5) is 0 Å². The molecule has 1 heterocycles. The van der Waals surface area contributed by atoms with Crippen LogP contribution in [0.15, 0.2) is 47.4 Å². The topological polar surface area (TPSA) is 43.4 Å². The van der Waals surface area contributed by atoms with Gasteiger partial charge in [-0.3, -0.25) is 9.59 Å². The molecular formula is C19H18O3S. The van der Waals surface area contributed by atoms with E-state index in [9.17, 15) is 9.59 Å². The van der Waals surface area contributed by atoms with E-state index in [1.807, 2.05) is 49.4 Å². The third-order valence-corrected chi connectivity index (χ3v) is 5.30. The first kappa shape index (κ1) is 15.8. The molecule has 0 spiro atoms. The maximum atomic E-state index is 12.8. The molecule has 0 unspecified atom stereocenters. The molecule has 23 heavy (non-hydrogen) atoms. The van der Waals surface area contributed by atoms with Crippen molar-refractivity contribution < 1.29 is 14.3 Å². The van der Waals surface area contributed by atoms with Crippen LogP contribution in [0.25, 0.3) is 0 Å². The number of benzene rings is 2. The molecule has 1 aliphatic rings. The monoisotopic (exact) mass is 326 g/mol. The molecule has 0 bridgehead atoms. The number of thioether (sulfide) groups is 1. The summed E-state index contributed by atoms with van der Waals surface area (Å²) in [5, 5.41) is 0. The minimum Gasteiger partial charge on any atom is -0.469 e. The molecule has 0 radical (unpaired) electrons. The quantitative estimate of drug-likeness (QED) is 0.793. The average Bonchev–Trinajstić information content (AvgIpc) is 2.73. The largest absolute Gasteiger partial charge is 0.469 e. The second-order valence-corrected chi connectivity index (χ2v) is 6.53. The van der Waals surface area contributed by atoms with E-state index in [0.717, 1.165) is 27.3 Å². The second kappa shape index (κ2) is 6.59. The van der Waals surface area contributed by atoms with Crippen LogP contribution < -0.4 is 0 Å². The lowest BCUT2D eigenvalue weighted by Crippen LogP contribution is -2.14. The summed E-state index contributed by atoms with van der Waals surface area (Å²) in [5.74, 6) is 0.290. The highest BCUT2D eigenvalue weighted by Gasteiger charge is 2.25. The van der Waals surface area contributed by atoms with Gasteiger partial charge in [-0.1, -0.05) is 37.3 Å². The third-order valence-electron chi connectivity index (χ3n) is 4.19. The van der Waals surface area contributed by atoms with Crippen LogP contribution in [-0.4, -0.2) is 18.9 Å². The van der Waals surface area contributed by atoms with Gasteiger partial charge in [-0.2, -0.15) is 0 Å². The molecule has 1 atom stereocenters. The molecule has 0 N–H and O–H groups in total. The van der Waals surface area contributed by atoms with Gasteiger partial charge in [0.2, 0.25) is 0 Å². The van der Waals surface area contributed by atoms with E-state index in [2.05, 4.69) is 0 Å². The molecule has 0 saturated carbocycles. The van der Waals surface area contributed by atoms with E-state index < -0.39 is 0 Å². The van der Waals surface area contributed by atoms with Crippen LogP contribution in [0.3, 0.4) is 0 Å². The van der Waals surface area contributed by atoms with E-state index in [4.69, 9.17) is 4.74 Å². The molecule has 3 nitrogen and oxygen atoms in total. The summed E-state index contributed by atoms with van der Waals surface area (Å²) in [6, 6.07) is 13.4. The van der Waals surface area contributed by atoms with Gasteiger partial charge in [0.1, 0.15) is 0 Å². The summed E-state index contributed by atoms with van der Waals surface area (Å²) in [6.45, 7) is 1.96. The second-order valence-electron chi connectivity index (χ2n) is 5.51. The summed E-state index contributed by atoms with van der Waals surface area (Å²) in [5.41, 5.74) is 3.44. The molecule has 3 rings (SSSR count). The Hall–Kier alpha value is -2.07. The van der Waals surface area contributed by atoms with Gasteiger partial charge in [-0.25, -0.2) is 0 Å². The van der Waals surface area contributed by atoms with Crippen LogP contribution in [-0.2, 0) is 15.3 Å². The smallest absolute Gasteiger partial charge is 0.313 e. The minimum absolute atomic E-state index is 0.0540. The third kappa shape index (κ3) is 2.91. The van der Waals surface area contributed by atoms with Gasteiger partial charge in [-0.15, -0.1) is 11.8 Å². The fourth-order valence-electron chi connectivity index (χ4n) is 2.91. The molecule has 2 aromatic carbocycles. The van der Waals surface area contributed by atoms with E-state index >= 15 is 0 Å². The molecule has 0 amide bonds. The number of fused-ring (bicyclic) bond motifs is 2. The number of ether oxygens (including phenoxy) is 1. The highest BCUT2D eigenvalue weighted by molar-refractivity contribution is 7.98. The lowest BCUT2D eigenvalue weighted by molar-refractivity contribution is -0.142. The van der Waals surface area contributed by atoms with E-state index in [1.165, 1.54) is 7.11 Å². The van der Waals surface area contributed by atoms with Crippen molar-refractivity contribution in [1.82, 2.24) is 0 Å². The van der Waals surface area contributed by atoms with Gasteiger partial charge in [0.05, 0.1) is 13.0 Å². The highest BCUT2D eigenvalue weighted by atomic mass is 32.2. The summed E-state index contributed by atoms with van der Waals surface area (Å²) < 4.78 is 4.89. The lowest BCUT2D eigenvalue weighted by Gasteiger charge is -2.15. The SMILES string of the molecule is CC[C@@H](C(=O)OC)c1ccc2c(c1)SCc1ccccc1C2=O. The maximum absolute atomic E-state index is 12.8. The number of methoxy groups -OCH3 is 1. The number of hydrogen-bond acceptors (Lipinski definition) is 4. The summed E-state index contributed by atoms with van der Waals surface area (Å²) in [4.78, 5) is 25.6. The Morgan fingerprint density at radius 1 is 1.22 bits per heavy atom. The minimum atomic E-state index is -0.286.